The molecule has 43 heavy (non-hydrogen) atoms. The van der Waals surface area contributed by atoms with Crippen LogP contribution in [-0.4, -0.2) is 5.90 Å². The van der Waals surface area contributed by atoms with Gasteiger partial charge in [0.2, 0.25) is 0 Å². The molecule has 0 saturated heterocycles. The maximum atomic E-state index is 7.66. The predicted octanol–water partition coefficient (Wildman–Crippen LogP) is 5.79. The van der Waals surface area contributed by atoms with E-state index in [0.29, 0.717) is 5.90 Å². The molecular weight excluding hydrogens is 609 g/mol. The molecule has 0 heterocycles. The van der Waals surface area contributed by atoms with Crippen molar-refractivity contribution in [1.29, 1.82) is 0 Å². The van der Waals surface area contributed by atoms with E-state index < -0.39 is 7.49 Å². The molecule has 0 N–H and O–H groups in total. The minimum atomic E-state index is -2.68. The third-order valence-corrected chi connectivity index (χ3v) is 10.9. The number of hydrogen-bond acceptors (Lipinski definition) is 2. The lowest BCUT2D eigenvalue weighted by molar-refractivity contribution is -0.00000893. The Balaban J connectivity index is 0.00000368. The Morgan fingerprint density at radius 1 is 0.488 bits per heavy atom. The number of nitrogens with zero attached hydrogens (tertiary/aromatic N) is 1. The highest BCUT2D eigenvalue weighted by Crippen LogP contribution is 2.58. The zero-order valence-electron chi connectivity index (χ0n) is 24.0. The third-order valence-electron chi connectivity index (χ3n) is 7.38. The molecule has 6 rings (SSSR count). The molecule has 0 fully saturated rings. The van der Waals surface area contributed by atoms with Gasteiger partial charge in [-0.3, -0.25) is 0 Å². The largest absolute Gasteiger partial charge is 1.00 e. The molecule has 0 aliphatic carbocycles. The summed E-state index contributed by atoms with van der Waals surface area (Å²) in [5.74, 6) is 0.449. The molecular formula is C39H33BrNOP. The zero-order valence-corrected chi connectivity index (χ0v) is 26.5. The van der Waals surface area contributed by atoms with Crippen molar-refractivity contribution in [2.24, 2.45) is 4.99 Å². The number of aryl methyl sites for hydroxylation is 1. The average Bonchev–Trinajstić information content (AvgIpc) is 3.07. The summed E-state index contributed by atoms with van der Waals surface area (Å²) in [5.41, 5.74) is 4.31. The molecule has 0 amide bonds. The second-order valence-electron chi connectivity index (χ2n) is 10.2. The Kier molecular flexibility index (Phi) is 10.00. The van der Waals surface area contributed by atoms with Crippen LogP contribution < -0.4 is 32.9 Å². The summed E-state index contributed by atoms with van der Waals surface area (Å²) in [6, 6.07) is 61.4. The first-order chi connectivity index (χ1) is 20.7. The van der Waals surface area contributed by atoms with Crippen LogP contribution in [-0.2, 0) is 4.52 Å². The van der Waals surface area contributed by atoms with Crippen molar-refractivity contribution in [3.63, 3.8) is 0 Å². The van der Waals surface area contributed by atoms with Gasteiger partial charge in [-0.1, -0.05) is 133 Å². The van der Waals surface area contributed by atoms with Crippen molar-refractivity contribution in [3.05, 3.63) is 193 Å². The summed E-state index contributed by atoms with van der Waals surface area (Å²) in [5, 5.41) is 3.41. The first-order valence-electron chi connectivity index (χ1n) is 14.2. The second-order valence-corrected chi connectivity index (χ2v) is 13.2. The standard InChI is InChI=1S/C39H33NOP.BrH/c1-31-27-29-34(30-28-31)40-39(38(32-17-7-2-8-18-32)33-19-9-3-10-20-33)41-42(35-21-11-4-12-22-35,36-23-13-5-14-24-36)37-25-15-6-16-26-37;/h2-30,38H,1H3;1H/q+1;/p-1. The molecule has 6 aromatic carbocycles. The van der Waals surface area contributed by atoms with Crippen LogP contribution in [0.1, 0.15) is 22.6 Å². The van der Waals surface area contributed by atoms with E-state index in [4.69, 9.17) is 9.52 Å². The van der Waals surface area contributed by atoms with Gasteiger partial charge >= 0.3 is 0 Å². The molecule has 0 aliphatic heterocycles. The molecule has 0 unspecified atom stereocenters. The molecule has 0 bridgehead atoms. The van der Waals surface area contributed by atoms with E-state index in [1.54, 1.807) is 0 Å². The van der Waals surface area contributed by atoms with E-state index in [1.165, 1.54) is 5.56 Å². The van der Waals surface area contributed by atoms with Gasteiger partial charge in [0.25, 0.3) is 13.4 Å². The number of benzene rings is 6. The molecule has 0 aromatic heterocycles. The highest BCUT2D eigenvalue weighted by Gasteiger charge is 2.51. The minimum absolute atomic E-state index is 0. The van der Waals surface area contributed by atoms with Crippen molar-refractivity contribution >= 4 is 35.0 Å². The number of halogens is 1. The summed E-state index contributed by atoms with van der Waals surface area (Å²) < 4.78 is 7.66. The molecule has 0 atom stereocenters. The third kappa shape index (κ3) is 6.70. The molecule has 2 nitrogen and oxygen atoms in total. The van der Waals surface area contributed by atoms with E-state index in [2.05, 4.69) is 183 Å². The van der Waals surface area contributed by atoms with Gasteiger partial charge in [0.1, 0.15) is 15.9 Å². The summed E-state index contributed by atoms with van der Waals surface area (Å²) in [4.78, 5) is 5.34. The topological polar surface area (TPSA) is 21.6 Å². The Bertz CT molecular complexity index is 1590. The Hall–Kier alpha value is -4.30. The smallest absolute Gasteiger partial charge is 0.289 e. The number of aliphatic imine (C=N–C) groups is 1. The van der Waals surface area contributed by atoms with Gasteiger partial charge in [-0.2, -0.15) is 0 Å². The Morgan fingerprint density at radius 2 is 0.837 bits per heavy atom. The van der Waals surface area contributed by atoms with Crippen molar-refractivity contribution in [2.75, 3.05) is 0 Å². The monoisotopic (exact) mass is 641 g/mol. The van der Waals surface area contributed by atoms with Crippen LogP contribution in [0.3, 0.4) is 0 Å². The van der Waals surface area contributed by atoms with Gasteiger partial charge in [-0.15, -0.1) is 0 Å². The van der Waals surface area contributed by atoms with Crippen molar-refractivity contribution in [2.45, 2.75) is 12.8 Å². The second kappa shape index (κ2) is 14.2. The summed E-state index contributed by atoms with van der Waals surface area (Å²) in [6.07, 6.45) is 0. The summed E-state index contributed by atoms with van der Waals surface area (Å²) in [6.45, 7) is 2.10. The molecule has 212 valence electrons. The van der Waals surface area contributed by atoms with E-state index in [9.17, 15) is 0 Å². The van der Waals surface area contributed by atoms with Crippen LogP contribution in [0.4, 0.5) is 5.69 Å². The maximum absolute atomic E-state index is 7.66. The summed E-state index contributed by atoms with van der Waals surface area (Å²) in [7, 11) is -2.68. The fraction of sp³-hybridized carbons (Fsp3) is 0.0513. The van der Waals surface area contributed by atoms with Gasteiger partial charge in [-0.05, 0) is 66.6 Å². The highest BCUT2D eigenvalue weighted by atomic mass is 79.9. The Morgan fingerprint density at radius 3 is 1.21 bits per heavy atom. The maximum Gasteiger partial charge on any atom is 0.289 e. The SMILES string of the molecule is Cc1ccc(N=C(O[P+](c2ccccc2)(c2ccccc2)c2ccccc2)C(c2ccccc2)c2ccccc2)cc1.[Br-]. The van der Waals surface area contributed by atoms with Gasteiger partial charge in [-0.25, -0.2) is 4.99 Å². The fourth-order valence-electron chi connectivity index (χ4n) is 5.31. The zero-order chi connectivity index (χ0) is 28.6. The van der Waals surface area contributed by atoms with Crippen LogP contribution in [0.25, 0.3) is 0 Å². The molecule has 6 aromatic rings. The van der Waals surface area contributed by atoms with Crippen LogP contribution >= 0.6 is 7.49 Å². The van der Waals surface area contributed by atoms with Crippen molar-refractivity contribution < 1.29 is 21.5 Å². The number of hydrogen-bond donors (Lipinski definition) is 0. The quantitative estimate of drug-likeness (QED) is 0.117. The lowest BCUT2D eigenvalue weighted by Gasteiger charge is -2.29. The van der Waals surface area contributed by atoms with E-state index in [1.807, 2.05) is 0 Å². The lowest BCUT2D eigenvalue weighted by atomic mass is 9.91. The van der Waals surface area contributed by atoms with Gasteiger partial charge in [0, 0.05) is 0 Å². The van der Waals surface area contributed by atoms with E-state index in [0.717, 1.165) is 32.7 Å². The molecule has 0 saturated carbocycles. The van der Waals surface area contributed by atoms with Crippen molar-refractivity contribution in [1.82, 2.24) is 0 Å². The van der Waals surface area contributed by atoms with E-state index >= 15 is 0 Å². The van der Waals surface area contributed by atoms with E-state index in [-0.39, 0.29) is 22.9 Å². The minimum Gasteiger partial charge on any atom is -1.00 e. The molecule has 0 radical (unpaired) electrons. The van der Waals surface area contributed by atoms with Gasteiger partial charge < -0.3 is 21.5 Å². The van der Waals surface area contributed by atoms with Gasteiger partial charge in [0.15, 0.2) is 0 Å². The van der Waals surface area contributed by atoms with Crippen molar-refractivity contribution in [3.8, 4) is 0 Å². The normalized spacial score (nSPS) is 11.5. The predicted molar refractivity (Wildman–Crippen MR) is 179 cm³/mol. The molecule has 0 aliphatic rings. The Labute approximate surface area is 266 Å². The molecule has 4 heteroatoms. The highest BCUT2D eigenvalue weighted by molar-refractivity contribution is 7.92. The molecule has 0 spiro atoms. The summed E-state index contributed by atoms with van der Waals surface area (Å²) >= 11 is 0. The first-order valence-corrected chi connectivity index (χ1v) is 16.0. The van der Waals surface area contributed by atoms with Crippen LogP contribution in [0.2, 0.25) is 0 Å². The van der Waals surface area contributed by atoms with Crippen LogP contribution in [0.5, 0.6) is 0 Å². The van der Waals surface area contributed by atoms with Crippen LogP contribution in [0, 0.1) is 6.92 Å². The fourth-order valence-corrected chi connectivity index (χ4v) is 8.73. The lowest BCUT2D eigenvalue weighted by Crippen LogP contribution is -3.00. The first kappa shape index (κ1) is 30.2. The van der Waals surface area contributed by atoms with Gasteiger partial charge in [0.05, 0.1) is 11.6 Å². The number of rotatable bonds is 8. The van der Waals surface area contributed by atoms with Crippen LogP contribution in [0.15, 0.2) is 181 Å². The average molecular weight is 643 g/mol.